The van der Waals surface area contributed by atoms with E-state index in [1.165, 1.54) is 0 Å². The van der Waals surface area contributed by atoms with Gasteiger partial charge in [-0.25, -0.2) is 9.67 Å². The number of ether oxygens (including phenoxy) is 2. The molecule has 1 aromatic carbocycles. The number of carboxylic acid groups (broad SMARTS) is 1. The Morgan fingerprint density at radius 2 is 2.00 bits per heavy atom. The Morgan fingerprint density at radius 1 is 1.19 bits per heavy atom. The minimum absolute atomic E-state index is 0.111. The molecule has 0 spiro atoms. The molecule has 2 heterocycles. The van der Waals surface area contributed by atoms with Gasteiger partial charge in [-0.1, -0.05) is 32.0 Å². The number of pyridine rings is 1. The summed E-state index contributed by atoms with van der Waals surface area (Å²) in [4.78, 5) is 15.6. The van der Waals surface area contributed by atoms with Gasteiger partial charge >= 0.3 is 5.97 Å². The Hall–Kier alpha value is -3.35. The zero-order valence-electron chi connectivity index (χ0n) is 18.5. The number of aryl methyl sites for hydroxylation is 2. The predicted molar refractivity (Wildman–Crippen MR) is 118 cm³/mol. The van der Waals surface area contributed by atoms with Crippen LogP contribution in [-0.2, 0) is 17.6 Å². The molecule has 0 saturated carbocycles. The van der Waals surface area contributed by atoms with Crippen molar-refractivity contribution in [1.82, 2.24) is 14.8 Å². The van der Waals surface area contributed by atoms with Gasteiger partial charge in [0, 0.05) is 18.0 Å². The lowest BCUT2D eigenvalue weighted by Gasteiger charge is -2.14. The van der Waals surface area contributed by atoms with Crippen molar-refractivity contribution in [2.75, 3.05) is 13.7 Å². The molecule has 3 rings (SSSR count). The molecule has 0 fully saturated rings. The summed E-state index contributed by atoms with van der Waals surface area (Å²) in [5.74, 6) is 1.22. The second kappa shape index (κ2) is 10.1. The van der Waals surface area contributed by atoms with Crippen LogP contribution in [0.1, 0.15) is 48.6 Å². The first kappa shape index (κ1) is 22.3. The minimum atomic E-state index is -0.906. The summed E-state index contributed by atoms with van der Waals surface area (Å²) in [6.45, 7) is 6.71. The fourth-order valence-electron chi connectivity index (χ4n) is 3.44. The van der Waals surface area contributed by atoms with Crippen LogP contribution < -0.4 is 9.47 Å². The van der Waals surface area contributed by atoms with E-state index in [1.807, 2.05) is 36.1 Å². The van der Waals surface area contributed by atoms with Crippen LogP contribution >= 0.6 is 0 Å². The molecule has 31 heavy (non-hydrogen) atoms. The van der Waals surface area contributed by atoms with Crippen LogP contribution in [0.4, 0.5) is 0 Å². The van der Waals surface area contributed by atoms with Crippen LogP contribution in [0.25, 0.3) is 5.82 Å². The van der Waals surface area contributed by atoms with E-state index in [0.29, 0.717) is 29.6 Å². The van der Waals surface area contributed by atoms with Gasteiger partial charge in [0.05, 0.1) is 25.8 Å². The average Bonchev–Trinajstić information content (AvgIpc) is 3.16. The number of methoxy groups -OCH3 is 1. The molecule has 0 bridgehead atoms. The molecule has 1 N–H and O–H groups in total. The van der Waals surface area contributed by atoms with Crippen molar-refractivity contribution in [3.05, 3.63) is 65.1 Å². The van der Waals surface area contributed by atoms with Crippen molar-refractivity contribution in [1.29, 1.82) is 0 Å². The van der Waals surface area contributed by atoms with Gasteiger partial charge in [-0.3, -0.25) is 4.79 Å². The summed E-state index contributed by atoms with van der Waals surface area (Å²) in [5, 5.41) is 13.9. The second-order valence-corrected chi connectivity index (χ2v) is 7.80. The molecule has 0 atom stereocenters. The van der Waals surface area contributed by atoms with Gasteiger partial charge in [-0.15, -0.1) is 0 Å². The van der Waals surface area contributed by atoms with E-state index in [1.54, 1.807) is 25.3 Å². The lowest BCUT2D eigenvalue weighted by molar-refractivity contribution is -0.136. The zero-order chi connectivity index (χ0) is 22.4. The van der Waals surface area contributed by atoms with Crippen LogP contribution in [0.15, 0.2) is 42.7 Å². The summed E-state index contributed by atoms with van der Waals surface area (Å²) >= 11 is 0. The number of carboxylic acids is 1. The summed E-state index contributed by atoms with van der Waals surface area (Å²) in [6.07, 6.45) is 5.31. The molecule has 0 unspecified atom stereocenters. The van der Waals surface area contributed by atoms with Gasteiger partial charge in [0.25, 0.3) is 0 Å². The number of benzene rings is 1. The Bertz CT molecular complexity index is 1030. The molecular formula is C24H29N3O4. The van der Waals surface area contributed by atoms with Gasteiger partial charge in [0.2, 0.25) is 0 Å². The van der Waals surface area contributed by atoms with Crippen LogP contribution in [0, 0.1) is 6.92 Å². The molecule has 0 aliphatic rings. The number of hydrogen-bond donors (Lipinski definition) is 1. The van der Waals surface area contributed by atoms with E-state index in [9.17, 15) is 4.79 Å². The smallest absolute Gasteiger partial charge is 0.307 e. The van der Waals surface area contributed by atoms with Crippen molar-refractivity contribution in [3.63, 3.8) is 0 Å². The molecule has 3 aromatic rings. The van der Waals surface area contributed by atoms with E-state index in [0.717, 1.165) is 35.5 Å². The maximum absolute atomic E-state index is 11.2. The van der Waals surface area contributed by atoms with Gasteiger partial charge in [0.1, 0.15) is 0 Å². The third-order valence-electron chi connectivity index (χ3n) is 4.96. The maximum Gasteiger partial charge on any atom is 0.307 e. The predicted octanol–water partition coefficient (Wildman–Crippen LogP) is 4.35. The molecule has 0 radical (unpaired) electrons. The highest BCUT2D eigenvalue weighted by Gasteiger charge is 2.16. The number of hydrogen-bond acceptors (Lipinski definition) is 5. The fourth-order valence-corrected chi connectivity index (χ4v) is 3.44. The lowest BCUT2D eigenvalue weighted by Crippen LogP contribution is -2.07. The molecule has 0 aliphatic carbocycles. The second-order valence-electron chi connectivity index (χ2n) is 7.80. The Balaban J connectivity index is 1.70. The maximum atomic E-state index is 11.2. The first-order valence-corrected chi connectivity index (χ1v) is 10.4. The van der Waals surface area contributed by atoms with Crippen molar-refractivity contribution in [2.45, 2.75) is 46.0 Å². The third-order valence-corrected chi connectivity index (χ3v) is 4.96. The normalized spacial score (nSPS) is 11.0. The summed E-state index contributed by atoms with van der Waals surface area (Å²) in [5.41, 5.74) is 3.92. The van der Waals surface area contributed by atoms with E-state index in [4.69, 9.17) is 19.7 Å². The Kier molecular flexibility index (Phi) is 7.28. The van der Waals surface area contributed by atoms with Crippen LogP contribution in [0.5, 0.6) is 11.5 Å². The first-order chi connectivity index (χ1) is 14.9. The van der Waals surface area contributed by atoms with Gasteiger partial charge in [-0.05, 0) is 48.9 Å². The monoisotopic (exact) mass is 423 g/mol. The highest BCUT2D eigenvalue weighted by atomic mass is 16.5. The first-order valence-electron chi connectivity index (χ1n) is 10.4. The highest BCUT2D eigenvalue weighted by Crippen LogP contribution is 2.32. The standard InChI is InChI=1S/C24H29N3O4/c1-16(2)23-19(15-27(26-23)21-11-10-17(3)14-25-21)8-6-12-31-24-18(13-22(28)29)7-5-9-20(24)30-4/h5,7,9-11,14-16H,6,8,12-13H2,1-4H3,(H,28,29). The van der Waals surface area contributed by atoms with Crippen LogP contribution in [0.3, 0.4) is 0 Å². The molecule has 0 amide bonds. The number of rotatable bonds is 10. The molecule has 7 heteroatoms. The Labute approximate surface area is 182 Å². The lowest BCUT2D eigenvalue weighted by atomic mass is 10.0. The quantitative estimate of drug-likeness (QED) is 0.488. The molecule has 164 valence electrons. The molecular weight excluding hydrogens is 394 g/mol. The van der Waals surface area contributed by atoms with Crippen LogP contribution in [0.2, 0.25) is 0 Å². The fraction of sp³-hybridized carbons (Fsp3) is 0.375. The minimum Gasteiger partial charge on any atom is -0.493 e. The summed E-state index contributed by atoms with van der Waals surface area (Å²) in [6, 6.07) is 9.28. The average molecular weight is 424 g/mol. The number of aliphatic carboxylic acids is 1. The van der Waals surface area contributed by atoms with Crippen LogP contribution in [-0.4, -0.2) is 39.6 Å². The number of nitrogens with zero attached hydrogens (tertiary/aromatic N) is 3. The van der Waals surface area contributed by atoms with Crippen molar-refractivity contribution < 1.29 is 19.4 Å². The SMILES string of the molecule is COc1cccc(CC(=O)O)c1OCCCc1cn(-c2ccc(C)cn2)nc1C(C)C. The van der Waals surface area contributed by atoms with E-state index >= 15 is 0 Å². The largest absolute Gasteiger partial charge is 0.493 e. The number of para-hydroxylation sites is 1. The van der Waals surface area contributed by atoms with E-state index in [-0.39, 0.29) is 6.42 Å². The van der Waals surface area contributed by atoms with Crippen molar-refractivity contribution >= 4 is 5.97 Å². The van der Waals surface area contributed by atoms with E-state index < -0.39 is 5.97 Å². The number of carbonyl (C=O) groups is 1. The topological polar surface area (TPSA) is 86.5 Å². The van der Waals surface area contributed by atoms with Gasteiger partial charge in [-0.2, -0.15) is 5.10 Å². The number of aromatic nitrogens is 3. The van der Waals surface area contributed by atoms with E-state index in [2.05, 4.69) is 18.8 Å². The van der Waals surface area contributed by atoms with Gasteiger partial charge < -0.3 is 14.6 Å². The molecule has 0 saturated heterocycles. The summed E-state index contributed by atoms with van der Waals surface area (Å²) < 4.78 is 13.1. The highest BCUT2D eigenvalue weighted by molar-refractivity contribution is 5.72. The van der Waals surface area contributed by atoms with Gasteiger partial charge in [0.15, 0.2) is 17.3 Å². The summed E-state index contributed by atoms with van der Waals surface area (Å²) in [7, 11) is 1.55. The Morgan fingerprint density at radius 3 is 2.65 bits per heavy atom. The molecule has 2 aromatic heterocycles. The molecule has 7 nitrogen and oxygen atoms in total. The third kappa shape index (κ3) is 5.63. The van der Waals surface area contributed by atoms with Crippen molar-refractivity contribution in [3.8, 4) is 17.3 Å². The zero-order valence-corrected chi connectivity index (χ0v) is 18.5. The van der Waals surface area contributed by atoms with Crippen molar-refractivity contribution in [2.24, 2.45) is 0 Å². The molecule has 0 aliphatic heterocycles.